The van der Waals surface area contributed by atoms with E-state index in [0.717, 1.165) is 12.8 Å². The maximum absolute atomic E-state index is 11.1. The number of aryl methyl sites for hydroxylation is 1. The van der Waals surface area contributed by atoms with Crippen molar-refractivity contribution in [2.45, 2.75) is 25.9 Å². The van der Waals surface area contributed by atoms with Crippen LogP contribution in [0.4, 0.5) is 17.5 Å². The van der Waals surface area contributed by atoms with Gasteiger partial charge < -0.3 is 15.7 Å². The lowest BCUT2D eigenvalue weighted by atomic mass is 9.82. The first kappa shape index (κ1) is 13.5. The summed E-state index contributed by atoms with van der Waals surface area (Å²) in [5, 5.41) is 20.4. The zero-order valence-electron chi connectivity index (χ0n) is 10.9. The molecule has 1 saturated carbocycles. The minimum Gasteiger partial charge on any atom is -0.393 e. The zero-order chi connectivity index (χ0) is 14.2. The Kier molecular flexibility index (Phi) is 3.52. The van der Waals surface area contributed by atoms with Crippen LogP contribution in [-0.2, 0) is 0 Å². The van der Waals surface area contributed by atoms with Crippen LogP contribution >= 0.6 is 0 Å². The summed E-state index contributed by atoms with van der Waals surface area (Å²) in [6.07, 6.45) is 1.20. The van der Waals surface area contributed by atoms with Gasteiger partial charge in [0.2, 0.25) is 11.8 Å². The molecule has 0 atom stereocenters. The maximum atomic E-state index is 11.1. The molecule has 0 amide bonds. The molecule has 1 fully saturated rings. The van der Waals surface area contributed by atoms with Crippen molar-refractivity contribution in [3.63, 3.8) is 0 Å². The van der Waals surface area contributed by atoms with Crippen molar-refractivity contribution in [3.8, 4) is 0 Å². The predicted octanol–water partition coefficient (Wildman–Crippen LogP) is 0.483. The number of aromatic nitrogens is 2. The van der Waals surface area contributed by atoms with E-state index in [1.807, 2.05) is 0 Å². The van der Waals surface area contributed by atoms with E-state index in [9.17, 15) is 15.2 Å². The van der Waals surface area contributed by atoms with Crippen LogP contribution in [0.3, 0.4) is 0 Å². The molecule has 1 aromatic rings. The summed E-state index contributed by atoms with van der Waals surface area (Å²) in [5.41, 5.74) is 5.70. The number of anilines is 2. The minimum atomic E-state index is -0.490. The van der Waals surface area contributed by atoms with E-state index in [2.05, 4.69) is 9.97 Å². The molecule has 1 aliphatic carbocycles. The molecule has 0 bridgehead atoms. The first-order valence-electron chi connectivity index (χ1n) is 6.06. The molecule has 19 heavy (non-hydrogen) atoms. The van der Waals surface area contributed by atoms with E-state index in [0.29, 0.717) is 12.5 Å². The topological polar surface area (TPSA) is 118 Å². The Morgan fingerprint density at radius 2 is 2.16 bits per heavy atom. The number of nitrogens with zero attached hydrogens (tertiary/aromatic N) is 4. The van der Waals surface area contributed by atoms with Gasteiger partial charge in [0.25, 0.3) is 0 Å². The lowest BCUT2D eigenvalue weighted by molar-refractivity contribution is -0.385. The Morgan fingerprint density at radius 1 is 1.53 bits per heavy atom. The Morgan fingerprint density at radius 3 is 2.68 bits per heavy atom. The van der Waals surface area contributed by atoms with Crippen LogP contribution in [0.15, 0.2) is 0 Å². The average Bonchev–Trinajstić information content (AvgIpc) is 2.24. The number of aliphatic hydroxyl groups excluding tert-OH is 1. The third-order valence-electron chi connectivity index (χ3n) is 3.34. The van der Waals surface area contributed by atoms with E-state index in [4.69, 9.17) is 5.73 Å². The maximum Gasteiger partial charge on any atom is 0.332 e. The fraction of sp³-hybridized carbons (Fsp3) is 0.636. The van der Waals surface area contributed by atoms with Crippen LogP contribution in [0.25, 0.3) is 0 Å². The first-order chi connectivity index (χ1) is 8.88. The van der Waals surface area contributed by atoms with Gasteiger partial charge in [-0.3, -0.25) is 10.1 Å². The van der Waals surface area contributed by atoms with Crippen LogP contribution in [0.2, 0.25) is 0 Å². The fourth-order valence-corrected chi connectivity index (χ4v) is 2.38. The number of nitrogens with two attached hydrogens (primary N) is 1. The largest absolute Gasteiger partial charge is 0.393 e. The second kappa shape index (κ2) is 4.96. The molecule has 3 N–H and O–H groups in total. The van der Waals surface area contributed by atoms with Gasteiger partial charge in [-0.15, -0.1) is 0 Å². The number of hydrogen-bond acceptors (Lipinski definition) is 7. The van der Waals surface area contributed by atoms with Crippen molar-refractivity contribution in [1.82, 2.24) is 9.97 Å². The first-order valence-corrected chi connectivity index (χ1v) is 6.06. The number of hydrogen-bond donors (Lipinski definition) is 2. The zero-order valence-corrected chi connectivity index (χ0v) is 10.9. The fourth-order valence-electron chi connectivity index (χ4n) is 2.38. The molecule has 1 aliphatic rings. The van der Waals surface area contributed by atoms with Gasteiger partial charge in [0, 0.05) is 13.6 Å². The molecule has 0 spiro atoms. The third-order valence-corrected chi connectivity index (χ3v) is 3.34. The normalized spacial score (nSPS) is 21.8. The van der Waals surface area contributed by atoms with Crippen molar-refractivity contribution in [1.29, 1.82) is 0 Å². The van der Waals surface area contributed by atoms with Crippen LogP contribution < -0.4 is 10.6 Å². The van der Waals surface area contributed by atoms with Gasteiger partial charge in [0.1, 0.15) is 5.69 Å². The standard InChI is InChI=1S/C11H17N5O3/c1-6-9(16(18)19)10(14-11(12)13-6)15(2)5-7-3-8(17)4-7/h7-8,17H,3-5H2,1-2H3,(H2,12,13,14). The molecule has 0 aliphatic heterocycles. The average molecular weight is 267 g/mol. The molecule has 0 radical (unpaired) electrons. The Hall–Kier alpha value is -1.96. The van der Waals surface area contributed by atoms with Gasteiger partial charge >= 0.3 is 5.69 Å². The van der Waals surface area contributed by atoms with E-state index in [-0.39, 0.29) is 29.3 Å². The predicted molar refractivity (Wildman–Crippen MR) is 69.8 cm³/mol. The smallest absolute Gasteiger partial charge is 0.332 e. The molecular formula is C11H17N5O3. The summed E-state index contributed by atoms with van der Waals surface area (Å²) < 4.78 is 0. The molecule has 1 heterocycles. The van der Waals surface area contributed by atoms with Crippen molar-refractivity contribution in [2.24, 2.45) is 5.92 Å². The lowest BCUT2D eigenvalue weighted by Crippen LogP contribution is -2.37. The third kappa shape index (κ3) is 2.73. The molecule has 104 valence electrons. The second-order valence-electron chi connectivity index (χ2n) is 4.97. The highest BCUT2D eigenvalue weighted by Crippen LogP contribution is 2.32. The summed E-state index contributed by atoms with van der Waals surface area (Å²) in [7, 11) is 1.74. The number of aliphatic hydroxyl groups is 1. The van der Waals surface area contributed by atoms with Crippen molar-refractivity contribution < 1.29 is 10.0 Å². The molecule has 8 nitrogen and oxygen atoms in total. The van der Waals surface area contributed by atoms with Gasteiger partial charge in [-0.2, -0.15) is 4.98 Å². The van der Waals surface area contributed by atoms with Crippen molar-refractivity contribution >= 4 is 17.5 Å². The highest BCUT2D eigenvalue weighted by atomic mass is 16.6. The highest BCUT2D eigenvalue weighted by molar-refractivity contribution is 5.61. The van der Waals surface area contributed by atoms with E-state index in [1.54, 1.807) is 18.9 Å². The summed E-state index contributed by atoms with van der Waals surface area (Å²) in [5.74, 6) is 0.589. The van der Waals surface area contributed by atoms with Crippen molar-refractivity contribution in [2.75, 3.05) is 24.2 Å². The van der Waals surface area contributed by atoms with E-state index >= 15 is 0 Å². The summed E-state index contributed by atoms with van der Waals surface area (Å²) in [6, 6.07) is 0. The molecule has 0 unspecified atom stereocenters. The molecule has 8 heteroatoms. The van der Waals surface area contributed by atoms with Gasteiger partial charge in [0.15, 0.2) is 0 Å². The quantitative estimate of drug-likeness (QED) is 0.601. The molecule has 1 aromatic heterocycles. The Labute approximate surface area is 110 Å². The van der Waals surface area contributed by atoms with Crippen LogP contribution in [0.1, 0.15) is 18.5 Å². The van der Waals surface area contributed by atoms with Gasteiger partial charge in [-0.1, -0.05) is 0 Å². The lowest BCUT2D eigenvalue weighted by Gasteiger charge is -2.34. The number of rotatable bonds is 4. The molecular weight excluding hydrogens is 250 g/mol. The summed E-state index contributed by atoms with van der Waals surface area (Å²) in [4.78, 5) is 20.1. The monoisotopic (exact) mass is 267 g/mol. The Bertz CT molecular complexity index is 501. The van der Waals surface area contributed by atoms with Gasteiger partial charge in [-0.05, 0) is 25.7 Å². The highest BCUT2D eigenvalue weighted by Gasteiger charge is 2.31. The Balaban J connectivity index is 2.24. The second-order valence-corrected chi connectivity index (χ2v) is 4.97. The van der Waals surface area contributed by atoms with Crippen molar-refractivity contribution in [3.05, 3.63) is 15.8 Å². The van der Waals surface area contributed by atoms with E-state index in [1.165, 1.54) is 0 Å². The van der Waals surface area contributed by atoms with Gasteiger partial charge in [-0.25, -0.2) is 4.98 Å². The molecule has 0 saturated heterocycles. The minimum absolute atomic E-state index is 0.0265. The van der Waals surface area contributed by atoms with Crippen LogP contribution in [0.5, 0.6) is 0 Å². The molecule has 0 aromatic carbocycles. The summed E-state index contributed by atoms with van der Waals surface area (Å²) >= 11 is 0. The number of nitro groups is 1. The van der Waals surface area contributed by atoms with Gasteiger partial charge in [0.05, 0.1) is 11.0 Å². The molecule has 2 rings (SSSR count). The number of nitrogen functional groups attached to an aromatic ring is 1. The van der Waals surface area contributed by atoms with Crippen LogP contribution in [0, 0.1) is 23.0 Å². The van der Waals surface area contributed by atoms with E-state index < -0.39 is 4.92 Å². The van der Waals surface area contributed by atoms with Crippen LogP contribution in [-0.4, -0.2) is 39.7 Å². The summed E-state index contributed by atoms with van der Waals surface area (Å²) in [6.45, 7) is 2.15. The SMILES string of the molecule is Cc1nc(N)nc(N(C)CC2CC(O)C2)c1[N+](=O)[O-].